The number of nitrogens with zero attached hydrogens (tertiary/aromatic N) is 3. The molecule has 4 heterocycles. The Bertz CT molecular complexity index is 1020. The van der Waals surface area contributed by atoms with Gasteiger partial charge in [-0.3, -0.25) is 9.47 Å². The van der Waals surface area contributed by atoms with Gasteiger partial charge in [-0.05, 0) is 36.5 Å². The molecule has 1 fully saturated rings. The number of hydrogen-bond donors (Lipinski definition) is 0. The number of likely N-dealkylation sites (tertiary alicyclic amines) is 1. The first-order chi connectivity index (χ1) is 14.6. The Labute approximate surface area is 176 Å². The van der Waals surface area contributed by atoms with Crippen LogP contribution < -0.4 is 0 Å². The molecular weight excluding hydrogens is 402 g/mol. The normalized spacial score (nSPS) is 21.9. The van der Waals surface area contributed by atoms with Crippen LogP contribution in [0.3, 0.4) is 0 Å². The molecule has 0 saturated carbocycles. The molecule has 0 aliphatic carbocycles. The summed E-state index contributed by atoms with van der Waals surface area (Å²) < 4.78 is 13.4. The number of rotatable bonds is 3. The molecule has 30 heavy (non-hydrogen) atoms. The van der Waals surface area contributed by atoms with Crippen molar-refractivity contribution < 1.29 is 18.0 Å². The summed E-state index contributed by atoms with van der Waals surface area (Å²) in [5, 5.41) is 0.469. The quantitative estimate of drug-likeness (QED) is 0.743. The van der Waals surface area contributed by atoms with E-state index in [0.29, 0.717) is 10.1 Å². The molecule has 0 bridgehead atoms. The van der Waals surface area contributed by atoms with Crippen molar-refractivity contribution in [2.45, 2.75) is 37.4 Å². The summed E-state index contributed by atoms with van der Waals surface area (Å²) in [6, 6.07) is 9.52. The molecular formula is C22H23N3O4S. The van der Waals surface area contributed by atoms with Crippen LogP contribution in [0.2, 0.25) is 0 Å². The van der Waals surface area contributed by atoms with Crippen LogP contribution in [0.1, 0.15) is 36.9 Å². The monoisotopic (exact) mass is 425 g/mol. The lowest BCUT2D eigenvalue weighted by atomic mass is 10.2. The summed E-state index contributed by atoms with van der Waals surface area (Å²) in [5.74, 6) is -1.22. The number of hydrogen-bond acceptors (Lipinski definition) is 6. The molecule has 3 aliphatic heterocycles. The van der Waals surface area contributed by atoms with Crippen LogP contribution >= 0.6 is 10.6 Å². The highest BCUT2D eigenvalue weighted by Crippen LogP contribution is 2.70. The molecule has 0 atom stereocenters. The number of carbonyl (C=O) groups is 2. The molecule has 5 rings (SSSR count). The zero-order chi connectivity index (χ0) is 20.6. The molecule has 1 saturated heterocycles. The van der Waals surface area contributed by atoms with Gasteiger partial charge < -0.3 is 8.37 Å². The van der Waals surface area contributed by atoms with Gasteiger partial charge in [-0.1, -0.05) is 43.2 Å². The fraction of sp³-hybridized carbons (Fsp3) is 0.318. The standard InChI is InChI=1S/C22H23N3O4S/c26-20-10-11-21(27)29-30(28-20)19(17-8-4-3-5-9-17)16-25-15-18(23-22(25)30)14-24-12-6-1-2-7-13-24/h3-5,8-11,15-16H,1-2,6-7,12-14H2. The van der Waals surface area contributed by atoms with Crippen LogP contribution in [0.5, 0.6) is 0 Å². The topological polar surface area (TPSA) is 73.7 Å². The van der Waals surface area contributed by atoms with Gasteiger partial charge in [0.25, 0.3) is 5.16 Å². The van der Waals surface area contributed by atoms with Crippen LogP contribution in [0.15, 0.2) is 53.8 Å². The number of aromatic nitrogens is 2. The number of fused-ring (bicyclic) bond motifs is 2. The third-order valence-corrected chi connectivity index (χ3v) is 7.93. The maximum absolute atomic E-state index is 12.3. The first-order valence-electron chi connectivity index (χ1n) is 10.2. The predicted molar refractivity (Wildman–Crippen MR) is 114 cm³/mol. The number of carbonyl (C=O) groups excluding carboxylic acids is 2. The molecule has 0 radical (unpaired) electrons. The van der Waals surface area contributed by atoms with E-state index in [1.807, 2.05) is 47.3 Å². The summed E-state index contributed by atoms with van der Waals surface area (Å²) in [6.07, 6.45) is 11.0. The lowest BCUT2D eigenvalue weighted by Gasteiger charge is -2.36. The van der Waals surface area contributed by atoms with Crippen molar-refractivity contribution in [1.82, 2.24) is 14.5 Å². The maximum atomic E-state index is 12.3. The second-order valence-corrected chi connectivity index (χ2v) is 9.76. The lowest BCUT2D eigenvalue weighted by molar-refractivity contribution is -0.129. The van der Waals surface area contributed by atoms with Gasteiger partial charge in [-0.25, -0.2) is 14.6 Å². The van der Waals surface area contributed by atoms with E-state index in [9.17, 15) is 9.59 Å². The maximum Gasteiger partial charge on any atom is 0.354 e. The molecule has 0 amide bonds. The van der Waals surface area contributed by atoms with E-state index in [4.69, 9.17) is 13.4 Å². The van der Waals surface area contributed by atoms with Crippen LogP contribution in [0, 0.1) is 0 Å². The molecule has 8 heteroatoms. The van der Waals surface area contributed by atoms with Gasteiger partial charge in [0.2, 0.25) is 0 Å². The molecule has 0 N–H and O–H groups in total. The van der Waals surface area contributed by atoms with Crippen molar-refractivity contribution >= 4 is 33.6 Å². The van der Waals surface area contributed by atoms with Crippen molar-refractivity contribution in [2.24, 2.45) is 0 Å². The molecule has 1 spiro atoms. The van der Waals surface area contributed by atoms with E-state index in [2.05, 4.69) is 4.90 Å². The highest BCUT2D eigenvalue weighted by atomic mass is 32.3. The molecule has 1 aromatic carbocycles. The Morgan fingerprint density at radius 1 is 0.933 bits per heavy atom. The lowest BCUT2D eigenvalue weighted by Crippen LogP contribution is -2.24. The van der Waals surface area contributed by atoms with Crippen molar-refractivity contribution in [3.8, 4) is 0 Å². The fourth-order valence-corrected chi connectivity index (χ4v) is 6.50. The molecule has 0 unspecified atom stereocenters. The van der Waals surface area contributed by atoms with Gasteiger partial charge in [-0.15, -0.1) is 0 Å². The van der Waals surface area contributed by atoms with Gasteiger partial charge in [0.1, 0.15) is 4.91 Å². The first-order valence-corrected chi connectivity index (χ1v) is 11.7. The Morgan fingerprint density at radius 2 is 1.60 bits per heavy atom. The summed E-state index contributed by atoms with van der Waals surface area (Å²) in [4.78, 5) is 32.5. The SMILES string of the molecule is O=C1C=CC(=O)OS2(O1)C(c1ccccc1)=Cn1cc(CN3CCCCCC3)nc12. The van der Waals surface area contributed by atoms with E-state index in [-0.39, 0.29) is 0 Å². The molecule has 3 aliphatic rings. The largest absolute Gasteiger partial charge is 0.354 e. The Morgan fingerprint density at radius 3 is 2.27 bits per heavy atom. The number of benzene rings is 1. The average Bonchev–Trinajstić information content (AvgIpc) is 3.05. The van der Waals surface area contributed by atoms with E-state index < -0.39 is 22.5 Å². The van der Waals surface area contributed by atoms with Crippen molar-refractivity contribution in [3.63, 3.8) is 0 Å². The van der Waals surface area contributed by atoms with E-state index in [1.165, 1.54) is 25.7 Å². The van der Waals surface area contributed by atoms with Gasteiger partial charge in [0, 0.05) is 36.7 Å². The third-order valence-electron chi connectivity index (χ3n) is 5.43. The first kappa shape index (κ1) is 19.1. The smallest absolute Gasteiger partial charge is 0.328 e. The molecule has 7 nitrogen and oxygen atoms in total. The number of imidazole rings is 1. The Kier molecular flexibility index (Phi) is 4.96. The summed E-state index contributed by atoms with van der Waals surface area (Å²) in [7, 11) is -2.84. The third kappa shape index (κ3) is 3.46. The van der Waals surface area contributed by atoms with Crippen LogP contribution in [0.25, 0.3) is 11.1 Å². The second kappa shape index (κ2) is 7.77. The fourth-order valence-electron chi connectivity index (χ4n) is 4.05. The van der Waals surface area contributed by atoms with Crippen molar-refractivity contribution in [3.05, 3.63) is 59.9 Å². The minimum atomic E-state index is -2.84. The second-order valence-electron chi connectivity index (χ2n) is 7.61. The summed E-state index contributed by atoms with van der Waals surface area (Å²) >= 11 is 0. The van der Waals surface area contributed by atoms with E-state index in [1.54, 1.807) is 0 Å². The minimum absolute atomic E-state index is 0.469. The summed E-state index contributed by atoms with van der Waals surface area (Å²) in [6.45, 7) is 2.84. The predicted octanol–water partition coefficient (Wildman–Crippen LogP) is 3.88. The Hall–Kier alpha value is -2.84. The molecule has 2 aromatic rings. The van der Waals surface area contributed by atoms with Crippen molar-refractivity contribution in [2.75, 3.05) is 13.1 Å². The van der Waals surface area contributed by atoms with Gasteiger partial charge in [-0.2, -0.15) is 0 Å². The molecule has 156 valence electrons. The Balaban J connectivity index is 1.55. The van der Waals surface area contributed by atoms with E-state index in [0.717, 1.165) is 43.0 Å². The van der Waals surface area contributed by atoms with E-state index >= 15 is 0 Å². The van der Waals surface area contributed by atoms with Gasteiger partial charge >= 0.3 is 11.9 Å². The highest BCUT2D eigenvalue weighted by Gasteiger charge is 2.45. The highest BCUT2D eigenvalue weighted by molar-refractivity contribution is 8.34. The zero-order valence-corrected chi connectivity index (χ0v) is 17.3. The minimum Gasteiger partial charge on any atom is -0.328 e. The average molecular weight is 426 g/mol. The van der Waals surface area contributed by atoms with Crippen LogP contribution in [0.4, 0.5) is 0 Å². The van der Waals surface area contributed by atoms with Crippen LogP contribution in [-0.2, 0) is 24.5 Å². The van der Waals surface area contributed by atoms with Crippen molar-refractivity contribution in [1.29, 1.82) is 0 Å². The molecule has 1 aromatic heterocycles. The zero-order valence-electron chi connectivity index (χ0n) is 16.5. The summed E-state index contributed by atoms with van der Waals surface area (Å²) in [5.41, 5.74) is 1.71. The van der Waals surface area contributed by atoms with Gasteiger partial charge in [0.05, 0.1) is 5.69 Å². The van der Waals surface area contributed by atoms with Gasteiger partial charge in [0.15, 0.2) is 0 Å². The van der Waals surface area contributed by atoms with Crippen LogP contribution in [-0.4, -0.2) is 39.5 Å².